The van der Waals surface area contributed by atoms with Crippen LogP contribution < -0.4 is 15.5 Å². The van der Waals surface area contributed by atoms with Crippen LogP contribution in [0.15, 0.2) is 48.5 Å². The maximum absolute atomic E-state index is 12.4. The van der Waals surface area contributed by atoms with E-state index in [4.69, 9.17) is 11.6 Å². The van der Waals surface area contributed by atoms with Gasteiger partial charge in [-0.2, -0.15) is 0 Å². The molecule has 1 aliphatic heterocycles. The zero-order valence-corrected chi connectivity index (χ0v) is 19.3. The van der Waals surface area contributed by atoms with Gasteiger partial charge in [0.1, 0.15) is 0 Å². The van der Waals surface area contributed by atoms with Gasteiger partial charge in [-0.15, -0.1) is 0 Å². The van der Waals surface area contributed by atoms with Crippen molar-refractivity contribution in [1.82, 2.24) is 10.2 Å². The van der Waals surface area contributed by atoms with E-state index in [0.717, 1.165) is 62.0 Å². The van der Waals surface area contributed by atoms with Gasteiger partial charge in [-0.3, -0.25) is 14.5 Å². The van der Waals surface area contributed by atoms with Crippen LogP contribution in [-0.4, -0.2) is 56.0 Å². The first-order chi connectivity index (χ1) is 15.5. The molecular formula is C25H31ClN4O2. The molecule has 2 aromatic rings. The Labute approximate surface area is 194 Å². The predicted molar refractivity (Wildman–Crippen MR) is 129 cm³/mol. The summed E-state index contributed by atoms with van der Waals surface area (Å²) in [5.41, 5.74) is 2.45. The van der Waals surface area contributed by atoms with E-state index in [2.05, 4.69) is 33.4 Å². The lowest BCUT2D eigenvalue weighted by molar-refractivity contribution is -0.117. The maximum atomic E-state index is 12.4. The van der Waals surface area contributed by atoms with Crippen LogP contribution in [-0.2, 0) is 4.79 Å². The van der Waals surface area contributed by atoms with Gasteiger partial charge >= 0.3 is 0 Å². The van der Waals surface area contributed by atoms with E-state index in [-0.39, 0.29) is 17.7 Å². The van der Waals surface area contributed by atoms with Crippen molar-refractivity contribution in [1.29, 1.82) is 0 Å². The van der Waals surface area contributed by atoms with Crippen molar-refractivity contribution in [3.05, 3.63) is 59.1 Å². The highest BCUT2D eigenvalue weighted by molar-refractivity contribution is 6.33. The second-order valence-electron chi connectivity index (χ2n) is 8.78. The van der Waals surface area contributed by atoms with Crippen molar-refractivity contribution >= 4 is 34.8 Å². The van der Waals surface area contributed by atoms with E-state index in [1.54, 1.807) is 24.3 Å². The Hall–Kier alpha value is -2.57. The summed E-state index contributed by atoms with van der Waals surface area (Å²) in [4.78, 5) is 29.2. The Bertz CT molecular complexity index is 941. The summed E-state index contributed by atoms with van der Waals surface area (Å²) in [6, 6.07) is 15.1. The van der Waals surface area contributed by atoms with E-state index in [9.17, 15) is 9.59 Å². The SMILES string of the molecule is CC1CC1C(=O)Nc1ccc(C(=O)NCCCN2CCN(c3ccccc3Cl)CC2)cc1. The maximum Gasteiger partial charge on any atom is 0.251 e. The van der Waals surface area contributed by atoms with Gasteiger partial charge in [0.25, 0.3) is 5.91 Å². The second kappa shape index (κ2) is 10.4. The molecule has 32 heavy (non-hydrogen) atoms. The molecule has 0 aromatic heterocycles. The Morgan fingerprint density at radius 3 is 2.38 bits per heavy atom. The smallest absolute Gasteiger partial charge is 0.251 e. The molecule has 1 aliphatic carbocycles. The fourth-order valence-electron chi connectivity index (χ4n) is 4.15. The number of para-hydroxylation sites is 1. The van der Waals surface area contributed by atoms with Crippen LogP contribution in [0.1, 0.15) is 30.1 Å². The Morgan fingerprint density at radius 2 is 1.72 bits per heavy atom. The molecule has 2 N–H and O–H groups in total. The summed E-state index contributed by atoms with van der Waals surface area (Å²) >= 11 is 6.31. The molecule has 7 heteroatoms. The van der Waals surface area contributed by atoms with Crippen LogP contribution in [0.25, 0.3) is 0 Å². The summed E-state index contributed by atoms with van der Waals surface area (Å²) in [5.74, 6) is 0.605. The molecule has 1 saturated heterocycles. The lowest BCUT2D eigenvalue weighted by atomic mass is 10.2. The molecule has 6 nitrogen and oxygen atoms in total. The van der Waals surface area contributed by atoms with Crippen LogP contribution in [0.5, 0.6) is 0 Å². The zero-order valence-electron chi connectivity index (χ0n) is 18.5. The number of amides is 2. The predicted octanol–water partition coefficient (Wildman–Crippen LogP) is 3.88. The number of halogens is 1. The number of benzene rings is 2. The van der Waals surface area contributed by atoms with Gasteiger partial charge in [-0.25, -0.2) is 0 Å². The molecule has 0 bridgehead atoms. The lowest BCUT2D eigenvalue weighted by Crippen LogP contribution is -2.47. The third-order valence-electron chi connectivity index (χ3n) is 6.36. The first-order valence-corrected chi connectivity index (χ1v) is 11.8. The van der Waals surface area contributed by atoms with Gasteiger partial charge in [-0.1, -0.05) is 30.7 Å². The summed E-state index contributed by atoms with van der Waals surface area (Å²) in [5, 5.41) is 6.72. The molecule has 2 atom stereocenters. The van der Waals surface area contributed by atoms with Crippen LogP contribution in [0.2, 0.25) is 5.02 Å². The Balaban J connectivity index is 1.13. The highest BCUT2D eigenvalue weighted by atomic mass is 35.5. The molecule has 0 spiro atoms. The minimum atomic E-state index is -0.0813. The summed E-state index contributed by atoms with van der Waals surface area (Å²) < 4.78 is 0. The summed E-state index contributed by atoms with van der Waals surface area (Å²) in [6.45, 7) is 7.58. The standard InChI is InChI=1S/C25H31ClN4O2/c1-18-17-21(18)25(32)28-20-9-7-19(8-10-20)24(31)27-11-4-12-29-13-15-30(16-14-29)23-6-3-2-5-22(23)26/h2-3,5-10,18,21H,4,11-17H2,1H3,(H,27,31)(H,28,32). The first kappa shape index (κ1) is 22.6. The lowest BCUT2D eigenvalue weighted by Gasteiger charge is -2.36. The van der Waals surface area contributed by atoms with Crippen molar-refractivity contribution < 1.29 is 9.59 Å². The normalized spacial score (nSPS) is 20.6. The monoisotopic (exact) mass is 454 g/mol. The number of hydrogen-bond acceptors (Lipinski definition) is 4. The van der Waals surface area contributed by atoms with Crippen LogP contribution in [0, 0.1) is 11.8 Å². The van der Waals surface area contributed by atoms with Crippen LogP contribution in [0.3, 0.4) is 0 Å². The third kappa shape index (κ3) is 5.81. The number of carbonyl (C=O) groups excluding carboxylic acids is 2. The summed E-state index contributed by atoms with van der Waals surface area (Å²) in [6.07, 6.45) is 1.87. The highest BCUT2D eigenvalue weighted by Gasteiger charge is 2.39. The number of nitrogens with one attached hydrogen (secondary N) is 2. The van der Waals surface area contributed by atoms with Gasteiger partial charge in [0.2, 0.25) is 5.91 Å². The van der Waals surface area contributed by atoms with Crippen molar-refractivity contribution in [2.24, 2.45) is 11.8 Å². The molecule has 2 amide bonds. The molecule has 2 fully saturated rings. The molecule has 4 rings (SSSR count). The average molecular weight is 455 g/mol. The van der Waals surface area contributed by atoms with E-state index in [1.807, 2.05) is 18.2 Å². The minimum absolute atomic E-state index is 0.0717. The summed E-state index contributed by atoms with van der Waals surface area (Å²) in [7, 11) is 0. The van der Waals surface area contributed by atoms with Gasteiger partial charge in [-0.05, 0) is 61.7 Å². The highest BCUT2D eigenvalue weighted by Crippen LogP contribution is 2.38. The fourth-order valence-corrected chi connectivity index (χ4v) is 4.41. The molecule has 2 aliphatic rings. The van der Waals surface area contributed by atoms with Crippen molar-refractivity contribution in [3.8, 4) is 0 Å². The number of rotatable bonds is 8. The third-order valence-corrected chi connectivity index (χ3v) is 6.68. The largest absolute Gasteiger partial charge is 0.368 e. The van der Waals surface area contributed by atoms with E-state index >= 15 is 0 Å². The molecule has 1 heterocycles. The minimum Gasteiger partial charge on any atom is -0.368 e. The molecule has 2 unspecified atom stereocenters. The van der Waals surface area contributed by atoms with Crippen LogP contribution in [0.4, 0.5) is 11.4 Å². The van der Waals surface area contributed by atoms with Crippen molar-refractivity contribution in [3.63, 3.8) is 0 Å². The van der Waals surface area contributed by atoms with E-state index in [1.165, 1.54) is 0 Å². The number of anilines is 2. The Kier molecular flexibility index (Phi) is 7.33. The number of carbonyl (C=O) groups is 2. The Morgan fingerprint density at radius 1 is 1.03 bits per heavy atom. The number of piperazine rings is 1. The van der Waals surface area contributed by atoms with Crippen LogP contribution >= 0.6 is 11.6 Å². The van der Waals surface area contributed by atoms with E-state index < -0.39 is 0 Å². The molecule has 170 valence electrons. The van der Waals surface area contributed by atoms with E-state index in [0.29, 0.717) is 18.0 Å². The molecule has 0 radical (unpaired) electrons. The van der Waals surface area contributed by atoms with Gasteiger partial charge in [0, 0.05) is 49.9 Å². The molecular weight excluding hydrogens is 424 g/mol. The van der Waals surface area contributed by atoms with Gasteiger partial charge in [0.15, 0.2) is 0 Å². The second-order valence-corrected chi connectivity index (χ2v) is 9.18. The van der Waals surface area contributed by atoms with Gasteiger partial charge < -0.3 is 15.5 Å². The zero-order chi connectivity index (χ0) is 22.5. The van der Waals surface area contributed by atoms with Crippen molar-refractivity contribution in [2.45, 2.75) is 19.8 Å². The van der Waals surface area contributed by atoms with Gasteiger partial charge in [0.05, 0.1) is 10.7 Å². The number of nitrogens with zero attached hydrogens (tertiary/aromatic N) is 2. The number of hydrogen-bond donors (Lipinski definition) is 2. The molecule has 1 saturated carbocycles. The quantitative estimate of drug-likeness (QED) is 0.594. The van der Waals surface area contributed by atoms with Crippen molar-refractivity contribution in [2.75, 3.05) is 49.5 Å². The first-order valence-electron chi connectivity index (χ1n) is 11.4. The topological polar surface area (TPSA) is 64.7 Å². The average Bonchev–Trinajstić information content (AvgIpc) is 3.55. The fraction of sp³-hybridized carbons (Fsp3) is 0.440. The molecule has 2 aromatic carbocycles.